The van der Waals surface area contributed by atoms with Gasteiger partial charge in [0.25, 0.3) is 0 Å². The minimum atomic E-state index is 0. The molecule has 0 radical (unpaired) electrons. The van der Waals surface area contributed by atoms with Gasteiger partial charge >= 0.3 is 0 Å². The molecule has 1 aliphatic rings. The van der Waals surface area contributed by atoms with E-state index < -0.39 is 0 Å². The van der Waals surface area contributed by atoms with Crippen molar-refractivity contribution < 1.29 is 4.74 Å². The van der Waals surface area contributed by atoms with E-state index in [4.69, 9.17) is 9.73 Å². The number of likely N-dealkylation sites (tertiary alicyclic amines) is 1. The Labute approximate surface area is 160 Å². The van der Waals surface area contributed by atoms with E-state index in [0.29, 0.717) is 0 Å². The summed E-state index contributed by atoms with van der Waals surface area (Å²) in [7, 11) is 0. The van der Waals surface area contributed by atoms with E-state index in [1.807, 2.05) is 6.92 Å². The van der Waals surface area contributed by atoms with Gasteiger partial charge in [-0.15, -0.1) is 24.0 Å². The molecule has 0 aromatic rings. The van der Waals surface area contributed by atoms with Crippen LogP contribution in [-0.2, 0) is 4.74 Å². The zero-order chi connectivity index (χ0) is 16.0. The van der Waals surface area contributed by atoms with Gasteiger partial charge in [0.05, 0.1) is 0 Å². The van der Waals surface area contributed by atoms with Gasteiger partial charge in [-0.3, -0.25) is 4.99 Å². The number of nitrogens with zero attached hydrogens (tertiary/aromatic N) is 2. The highest BCUT2D eigenvalue weighted by Crippen LogP contribution is 2.17. The maximum atomic E-state index is 5.36. The fraction of sp³-hybridized carbons (Fsp3) is 0.941. The molecule has 1 rings (SSSR count). The molecule has 0 aromatic carbocycles. The zero-order valence-electron chi connectivity index (χ0n) is 15.3. The lowest BCUT2D eigenvalue weighted by molar-refractivity contribution is 0.145. The Bertz CT molecular complexity index is 294. The standard InChI is InChI=1S/C17H36N4O.HI/c1-4-11-21-12-8-16(9-13-21)15-20-17(18-5-2)19-10-7-14-22-6-3;/h16H,4-15H2,1-3H3,(H2,18,19,20);1H. The van der Waals surface area contributed by atoms with Crippen LogP contribution in [0.2, 0.25) is 0 Å². The third kappa shape index (κ3) is 11.2. The Balaban J connectivity index is 0.00000484. The van der Waals surface area contributed by atoms with E-state index in [0.717, 1.165) is 51.1 Å². The summed E-state index contributed by atoms with van der Waals surface area (Å²) in [5.41, 5.74) is 0. The molecule has 1 heterocycles. The van der Waals surface area contributed by atoms with Gasteiger partial charge in [0.1, 0.15) is 0 Å². The molecule has 6 heteroatoms. The maximum absolute atomic E-state index is 5.36. The molecule has 0 saturated carbocycles. The number of halogens is 1. The quantitative estimate of drug-likeness (QED) is 0.237. The largest absolute Gasteiger partial charge is 0.382 e. The van der Waals surface area contributed by atoms with Crippen molar-refractivity contribution in [2.75, 3.05) is 52.5 Å². The number of ether oxygens (including phenoxy) is 1. The molecule has 0 bridgehead atoms. The summed E-state index contributed by atoms with van der Waals surface area (Å²) >= 11 is 0. The van der Waals surface area contributed by atoms with Crippen molar-refractivity contribution >= 4 is 29.9 Å². The summed E-state index contributed by atoms with van der Waals surface area (Å²) in [5, 5.41) is 6.73. The van der Waals surface area contributed by atoms with Crippen LogP contribution in [0.4, 0.5) is 0 Å². The fourth-order valence-corrected chi connectivity index (χ4v) is 2.80. The topological polar surface area (TPSA) is 48.9 Å². The van der Waals surface area contributed by atoms with Gasteiger partial charge in [0, 0.05) is 32.8 Å². The van der Waals surface area contributed by atoms with Crippen LogP contribution in [-0.4, -0.2) is 63.3 Å². The lowest BCUT2D eigenvalue weighted by atomic mass is 9.97. The van der Waals surface area contributed by atoms with Gasteiger partial charge in [0.15, 0.2) is 5.96 Å². The van der Waals surface area contributed by atoms with E-state index in [1.165, 1.54) is 38.9 Å². The lowest BCUT2D eigenvalue weighted by Gasteiger charge is -2.31. The van der Waals surface area contributed by atoms with Gasteiger partial charge < -0.3 is 20.3 Å². The number of hydrogen-bond donors (Lipinski definition) is 2. The highest BCUT2D eigenvalue weighted by molar-refractivity contribution is 14.0. The van der Waals surface area contributed by atoms with E-state index in [-0.39, 0.29) is 24.0 Å². The van der Waals surface area contributed by atoms with Crippen LogP contribution < -0.4 is 10.6 Å². The maximum Gasteiger partial charge on any atom is 0.191 e. The van der Waals surface area contributed by atoms with Crippen LogP contribution in [0.25, 0.3) is 0 Å². The van der Waals surface area contributed by atoms with Crippen LogP contribution in [0.5, 0.6) is 0 Å². The summed E-state index contributed by atoms with van der Waals surface area (Å²) in [6, 6.07) is 0. The Kier molecular flexibility index (Phi) is 15.4. The summed E-state index contributed by atoms with van der Waals surface area (Å²) in [6.07, 6.45) is 4.85. The van der Waals surface area contributed by atoms with Gasteiger partial charge in [-0.1, -0.05) is 6.92 Å². The molecule has 2 N–H and O–H groups in total. The molecule has 0 aromatic heterocycles. The first-order chi connectivity index (χ1) is 10.8. The van der Waals surface area contributed by atoms with E-state index >= 15 is 0 Å². The average molecular weight is 440 g/mol. The van der Waals surface area contributed by atoms with Gasteiger partial charge in [0.2, 0.25) is 0 Å². The Morgan fingerprint density at radius 1 is 1.17 bits per heavy atom. The van der Waals surface area contributed by atoms with Crippen molar-refractivity contribution in [3.8, 4) is 0 Å². The second-order valence-corrected chi connectivity index (χ2v) is 5.98. The average Bonchev–Trinajstić information content (AvgIpc) is 2.54. The smallest absolute Gasteiger partial charge is 0.191 e. The number of rotatable bonds is 10. The Morgan fingerprint density at radius 3 is 2.52 bits per heavy atom. The summed E-state index contributed by atoms with van der Waals surface area (Å²) in [5.74, 6) is 1.70. The van der Waals surface area contributed by atoms with Crippen molar-refractivity contribution in [2.45, 2.75) is 46.5 Å². The first-order valence-corrected chi connectivity index (χ1v) is 9.12. The lowest BCUT2D eigenvalue weighted by Crippen LogP contribution is -2.39. The van der Waals surface area contributed by atoms with Crippen LogP contribution >= 0.6 is 24.0 Å². The second kappa shape index (κ2) is 15.4. The molecule has 0 aliphatic carbocycles. The number of piperidine rings is 1. The fourth-order valence-electron chi connectivity index (χ4n) is 2.80. The molecule has 1 aliphatic heterocycles. The molecule has 0 atom stereocenters. The van der Waals surface area contributed by atoms with Crippen molar-refractivity contribution in [2.24, 2.45) is 10.9 Å². The number of guanidine groups is 1. The number of aliphatic imine (C=N–C) groups is 1. The molecular weight excluding hydrogens is 403 g/mol. The van der Waals surface area contributed by atoms with Gasteiger partial charge in [-0.2, -0.15) is 0 Å². The minimum absolute atomic E-state index is 0. The monoisotopic (exact) mass is 440 g/mol. The first-order valence-electron chi connectivity index (χ1n) is 9.12. The number of hydrogen-bond acceptors (Lipinski definition) is 3. The predicted octanol–water partition coefficient (Wildman–Crippen LogP) is 2.71. The highest BCUT2D eigenvalue weighted by atomic mass is 127. The number of nitrogens with one attached hydrogen (secondary N) is 2. The van der Waals surface area contributed by atoms with Crippen molar-refractivity contribution in [3.63, 3.8) is 0 Å². The summed E-state index contributed by atoms with van der Waals surface area (Å²) in [4.78, 5) is 7.34. The summed E-state index contributed by atoms with van der Waals surface area (Å²) in [6.45, 7) is 14.5. The SMILES string of the molecule is CCCN1CCC(CN=C(NCC)NCCCOCC)CC1.I. The normalized spacial score (nSPS) is 16.9. The molecule has 0 amide bonds. The molecule has 0 unspecified atom stereocenters. The summed E-state index contributed by atoms with van der Waals surface area (Å²) < 4.78 is 5.36. The molecule has 0 spiro atoms. The van der Waals surface area contributed by atoms with E-state index in [1.54, 1.807) is 0 Å². The third-order valence-electron chi connectivity index (χ3n) is 4.06. The van der Waals surface area contributed by atoms with Crippen LogP contribution in [0.15, 0.2) is 4.99 Å². The van der Waals surface area contributed by atoms with Gasteiger partial charge in [-0.25, -0.2) is 0 Å². The second-order valence-electron chi connectivity index (χ2n) is 5.98. The molecule has 5 nitrogen and oxygen atoms in total. The predicted molar refractivity (Wildman–Crippen MR) is 110 cm³/mol. The minimum Gasteiger partial charge on any atom is -0.382 e. The molecular formula is C17H37IN4O. The highest BCUT2D eigenvalue weighted by Gasteiger charge is 2.18. The van der Waals surface area contributed by atoms with Crippen LogP contribution in [0, 0.1) is 5.92 Å². The first kappa shape index (κ1) is 22.9. The zero-order valence-corrected chi connectivity index (χ0v) is 17.6. The Morgan fingerprint density at radius 2 is 1.91 bits per heavy atom. The van der Waals surface area contributed by atoms with Crippen molar-refractivity contribution in [1.29, 1.82) is 0 Å². The van der Waals surface area contributed by atoms with Crippen LogP contribution in [0.1, 0.15) is 46.5 Å². The van der Waals surface area contributed by atoms with Gasteiger partial charge in [-0.05, 0) is 65.1 Å². The molecule has 1 saturated heterocycles. The molecule has 23 heavy (non-hydrogen) atoms. The molecule has 138 valence electrons. The van der Waals surface area contributed by atoms with Crippen molar-refractivity contribution in [3.05, 3.63) is 0 Å². The van der Waals surface area contributed by atoms with Crippen molar-refractivity contribution in [1.82, 2.24) is 15.5 Å². The van der Waals surface area contributed by atoms with Crippen LogP contribution in [0.3, 0.4) is 0 Å². The van der Waals surface area contributed by atoms with E-state index in [9.17, 15) is 0 Å². The third-order valence-corrected chi connectivity index (χ3v) is 4.06. The van der Waals surface area contributed by atoms with E-state index in [2.05, 4.69) is 29.4 Å². The molecule has 1 fully saturated rings. The Hall–Kier alpha value is -0.0800.